The predicted octanol–water partition coefficient (Wildman–Crippen LogP) is 4.89. The maximum Gasteiger partial charge on any atom is 0.454 e. The van der Waals surface area contributed by atoms with E-state index in [0.29, 0.717) is 0 Å². The molecule has 114 valence electrons. The number of aromatic amines is 1. The molecule has 2 nitrogen and oxygen atoms in total. The Morgan fingerprint density at radius 2 is 1.71 bits per heavy atom. The number of ketones is 1. The topological polar surface area (TPSA) is 32.9 Å². The lowest BCUT2D eigenvalue weighted by Crippen LogP contribution is -2.25. The van der Waals surface area contributed by atoms with E-state index in [1.54, 1.807) is 4.98 Å². The summed E-state index contributed by atoms with van der Waals surface area (Å²) in [6.45, 7) is 1.41. The second-order valence-electron chi connectivity index (χ2n) is 4.35. The van der Waals surface area contributed by atoms with Crippen molar-refractivity contribution >= 4 is 28.3 Å². The number of Topliss-reactive ketones (excluding diaryl/α,β-unsaturated/α-hetero) is 1. The van der Waals surface area contributed by atoms with Gasteiger partial charge >= 0.3 is 12.4 Å². The Bertz CT molecular complexity index is 728. The molecule has 0 radical (unpaired) electrons. The second-order valence-corrected chi connectivity index (χ2v) is 4.75. The lowest BCUT2D eigenvalue weighted by Gasteiger charge is -2.09. The maximum absolute atomic E-state index is 12.9. The molecule has 21 heavy (non-hydrogen) atoms. The molecule has 0 amide bonds. The molecule has 0 aliphatic rings. The Morgan fingerprint density at radius 3 is 2.19 bits per heavy atom. The molecule has 9 heteroatoms. The summed E-state index contributed by atoms with van der Waals surface area (Å²) in [5.74, 6) is -2.55. The van der Waals surface area contributed by atoms with Gasteiger partial charge in [0.15, 0.2) is 0 Å². The molecule has 0 bridgehead atoms. The number of fused-ring (bicyclic) bond motifs is 1. The highest BCUT2D eigenvalue weighted by atomic mass is 35.5. The molecule has 2 rings (SSSR count). The zero-order valence-electron chi connectivity index (χ0n) is 10.2. The minimum absolute atomic E-state index is 0.0727. The number of aryl methyl sites for hydroxylation is 1. The highest BCUT2D eigenvalue weighted by molar-refractivity contribution is 6.32. The van der Waals surface area contributed by atoms with E-state index in [9.17, 15) is 31.1 Å². The quantitative estimate of drug-likeness (QED) is 0.586. The van der Waals surface area contributed by atoms with Crippen molar-refractivity contribution in [2.75, 3.05) is 0 Å². The number of carbonyl (C=O) groups is 1. The molecule has 0 fully saturated rings. The summed E-state index contributed by atoms with van der Waals surface area (Å²) in [6, 6.07) is 2.07. The summed E-state index contributed by atoms with van der Waals surface area (Å²) in [6.07, 6.45) is -10.5. The molecule has 0 aliphatic carbocycles. The average molecular weight is 330 g/mol. The Labute approximate surface area is 118 Å². The molecule has 1 aromatic carbocycles. The van der Waals surface area contributed by atoms with E-state index in [0.717, 1.165) is 12.1 Å². The van der Waals surface area contributed by atoms with Crippen LogP contribution in [0.15, 0.2) is 12.1 Å². The number of carbonyl (C=O) groups excluding carboxylic acids is 1. The fourth-order valence-electron chi connectivity index (χ4n) is 1.91. The van der Waals surface area contributed by atoms with Gasteiger partial charge in [0.2, 0.25) is 0 Å². The van der Waals surface area contributed by atoms with Crippen molar-refractivity contribution in [3.05, 3.63) is 34.0 Å². The smallest absolute Gasteiger partial charge is 0.350 e. The molecule has 1 N–H and O–H groups in total. The molecule has 0 spiro atoms. The number of halogens is 7. The van der Waals surface area contributed by atoms with Gasteiger partial charge in [-0.15, -0.1) is 0 Å². The number of benzene rings is 1. The van der Waals surface area contributed by atoms with Crippen LogP contribution in [0, 0.1) is 6.92 Å². The first-order valence-corrected chi connectivity index (χ1v) is 5.81. The minimum Gasteiger partial charge on any atom is -0.350 e. The van der Waals surface area contributed by atoms with Crippen LogP contribution in [0.3, 0.4) is 0 Å². The van der Waals surface area contributed by atoms with Crippen molar-refractivity contribution in [1.29, 1.82) is 0 Å². The number of H-pyrrole nitrogens is 1. The molecule has 1 heterocycles. The predicted molar refractivity (Wildman–Crippen MR) is 63.4 cm³/mol. The van der Waals surface area contributed by atoms with Crippen LogP contribution in [-0.4, -0.2) is 16.9 Å². The Hall–Kier alpha value is -1.70. The van der Waals surface area contributed by atoms with Crippen LogP contribution >= 0.6 is 11.6 Å². The van der Waals surface area contributed by atoms with Crippen LogP contribution in [0.25, 0.3) is 10.9 Å². The third-order valence-corrected chi connectivity index (χ3v) is 3.25. The second kappa shape index (κ2) is 4.66. The fraction of sp³-hybridized carbons (Fsp3) is 0.250. The van der Waals surface area contributed by atoms with Crippen LogP contribution < -0.4 is 0 Å². The van der Waals surface area contributed by atoms with Crippen molar-refractivity contribution in [1.82, 2.24) is 4.98 Å². The van der Waals surface area contributed by atoms with Gasteiger partial charge in [-0.1, -0.05) is 11.6 Å². The van der Waals surface area contributed by atoms with Gasteiger partial charge in [0, 0.05) is 15.9 Å². The Balaban J connectivity index is 2.87. The SMILES string of the molecule is Cc1cc2c(C(=O)C(F)(F)F)c(C(F)(F)F)[nH]c2cc1Cl. The van der Waals surface area contributed by atoms with Crippen molar-refractivity contribution in [2.24, 2.45) is 0 Å². The molecule has 0 unspecified atom stereocenters. The first kappa shape index (κ1) is 15.7. The van der Waals surface area contributed by atoms with Gasteiger partial charge in [-0.25, -0.2) is 0 Å². The summed E-state index contributed by atoms with van der Waals surface area (Å²) < 4.78 is 76.2. The number of aromatic nitrogens is 1. The maximum atomic E-state index is 12.9. The standard InChI is InChI=1S/C12H6ClF6NO/c1-4-2-5-7(3-6(4)13)20-9(11(14,15)16)8(5)10(21)12(17,18)19/h2-3,20H,1H3. The fourth-order valence-corrected chi connectivity index (χ4v) is 2.08. The van der Waals surface area contributed by atoms with E-state index in [2.05, 4.69) is 0 Å². The Morgan fingerprint density at radius 1 is 1.14 bits per heavy atom. The molecule has 0 saturated heterocycles. The van der Waals surface area contributed by atoms with Crippen molar-refractivity contribution < 1.29 is 31.1 Å². The summed E-state index contributed by atoms with van der Waals surface area (Å²) in [5.41, 5.74) is -3.20. The monoisotopic (exact) mass is 329 g/mol. The van der Waals surface area contributed by atoms with Gasteiger partial charge in [0.1, 0.15) is 5.69 Å². The number of alkyl halides is 6. The third-order valence-electron chi connectivity index (χ3n) is 2.85. The summed E-state index contributed by atoms with van der Waals surface area (Å²) in [4.78, 5) is 13.1. The van der Waals surface area contributed by atoms with Crippen LogP contribution in [-0.2, 0) is 6.18 Å². The molecule has 1 aromatic heterocycles. The van der Waals surface area contributed by atoms with Crippen molar-refractivity contribution in [2.45, 2.75) is 19.3 Å². The van der Waals surface area contributed by atoms with E-state index in [1.165, 1.54) is 6.92 Å². The number of nitrogens with one attached hydrogen (secondary N) is 1. The largest absolute Gasteiger partial charge is 0.454 e. The lowest BCUT2D eigenvalue weighted by molar-refractivity contribution is -0.141. The summed E-state index contributed by atoms with van der Waals surface area (Å²) >= 11 is 5.72. The van der Waals surface area contributed by atoms with Crippen LogP contribution in [0.4, 0.5) is 26.3 Å². The van der Waals surface area contributed by atoms with E-state index >= 15 is 0 Å². The van der Waals surface area contributed by atoms with Gasteiger partial charge in [-0.2, -0.15) is 26.3 Å². The van der Waals surface area contributed by atoms with Gasteiger partial charge in [0.25, 0.3) is 5.78 Å². The van der Waals surface area contributed by atoms with Crippen molar-refractivity contribution in [3.63, 3.8) is 0 Å². The summed E-state index contributed by atoms with van der Waals surface area (Å²) in [7, 11) is 0. The van der Waals surface area contributed by atoms with E-state index in [1.807, 2.05) is 0 Å². The number of hydrogen-bond acceptors (Lipinski definition) is 1. The first-order chi connectivity index (χ1) is 9.43. The van der Waals surface area contributed by atoms with E-state index in [4.69, 9.17) is 11.6 Å². The van der Waals surface area contributed by atoms with Gasteiger partial charge < -0.3 is 4.98 Å². The zero-order valence-corrected chi connectivity index (χ0v) is 11.0. The average Bonchev–Trinajstić information content (AvgIpc) is 2.65. The Kier molecular flexibility index (Phi) is 3.48. The lowest BCUT2D eigenvalue weighted by atomic mass is 10.0. The first-order valence-electron chi connectivity index (χ1n) is 5.43. The third kappa shape index (κ3) is 2.72. The molecule has 0 atom stereocenters. The highest BCUT2D eigenvalue weighted by Gasteiger charge is 2.47. The highest BCUT2D eigenvalue weighted by Crippen LogP contribution is 2.39. The molecule has 0 saturated carbocycles. The normalized spacial score (nSPS) is 13.0. The van der Waals surface area contributed by atoms with Gasteiger partial charge in [-0.3, -0.25) is 4.79 Å². The number of rotatable bonds is 1. The van der Waals surface area contributed by atoms with E-state index in [-0.39, 0.29) is 16.1 Å². The molecular formula is C12H6ClF6NO. The van der Waals surface area contributed by atoms with Crippen LogP contribution in [0.5, 0.6) is 0 Å². The zero-order chi connectivity index (χ0) is 16.2. The summed E-state index contributed by atoms with van der Waals surface area (Å²) in [5, 5.41) is -0.393. The van der Waals surface area contributed by atoms with Crippen LogP contribution in [0.1, 0.15) is 21.6 Å². The number of hydrogen-bond donors (Lipinski definition) is 1. The molecule has 2 aromatic rings. The van der Waals surface area contributed by atoms with E-state index < -0.39 is 34.8 Å². The van der Waals surface area contributed by atoms with Crippen molar-refractivity contribution in [3.8, 4) is 0 Å². The van der Waals surface area contributed by atoms with Gasteiger partial charge in [0.05, 0.1) is 5.56 Å². The van der Waals surface area contributed by atoms with Gasteiger partial charge in [-0.05, 0) is 24.6 Å². The minimum atomic E-state index is -5.41. The molecule has 0 aliphatic heterocycles. The molecular weight excluding hydrogens is 324 g/mol. The van der Waals surface area contributed by atoms with Crippen LogP contribution in [0.2, 0.25) is 5.02 Å².